The largest absolute Gasteiger partial charge is 0.455 e. The van der Waals surface area contributed by atoms with Gasteiger partial charge in [-0.3, -0.25) is 15.0 Å². The number of fused-ring (bicyclic) bond motifs is 12. The Hall–Kier alpha value is -7.49. The molecule has 0 saturated carbocycles. The number of ether oxygens (including phenoxy) is 1. The molecule has 0 saturated heterocycles. The number of aromatic nitrogens is 6. The molecule has 1 atom stereocenters. The molecular weight excluding hydrogens is 735 g/mol. The van der Waals surface area contributed by atoms with Gasteiger partial charge in [-0.15, -0.1) is 0 Å². The van der Waals surface area contributed by atoms with E-state index in [9.17, 15) is 0 Å². The lowest BCUT2D eigenvalue weighted by Gasteiger charge is -2.41. The van der Waals surface area contributed by atoms with E-state index in [1.165, 1.54) is 0 Å². The van der Waals surface area contributed by atoms with Gasteiger partial charge in [-0.1, -0.05) is 78.5 Å². The van der Waals surface area contributed by atoms with Crippen molar-refractivity contribution in [2.45, 2.75) is 15.2 Å². The normalized spacial score (nSPS) is 15.3. The van der Waals surface area contributed by atoms with Gasteiger partial charge < -0.3 is 9.64 Å². The number of anilines is 3. The van der Waals surface area contributed by atoms with Crippen molar-refractivity contribution >= 4 is 28.8 Å². The summed E-state index contributed by atoms with van der Waals surface area (Å²) in [4.78, 5) is 33.7. The first-order valence-electron chi connectivity index (χ1n) is 19.0. The van der Waals surface area contributed by atoms with Gasteiger partial charge in [0, 0.05) is 63.8 Å². The predicted molar refractivity (Wildman–Crippen MR) is 226 cm³/mol. The fraction of sp³-hybridized carbons (Fsp3) is 0.0204. The van der Waals surface area contributed by atoms with E-state index in [0.29, 0.717) is 11.5 Å². The molecule has 1 unspecified atom stereocenters. The van der Waals surface area contributed by atoms with Crippen LogP contribution in [-0.4, -0.2) is 29.9 Å². The molecule has 0 bridgehead atoms. The second-order valence-corrected chi connectivity index (χ2v) is 15.4. The third-order valence-corrected chi connectivity index (χ3v) is 12.4. The summed E-state index contributed by atoms with van der Waals surface area (Å²) in [5, 5.41) is 0. The van der Waals surface area contributed by atoms with Gasteiger partial charge in [-0.25, -0.2) is 15.0 Å². The van der Waals surface area contributed by atoms with E-state index in [4.69, 9.17) is 24.7 Å². The Balaban J connectivity index is 1.09. The Morgan fingerprint density at radius 1 is 0.500 bits per heavy atom. The summed E-state index contributed by atoms with van der Waals surface area (Å²) in [6.45, 7) is 0. The van der Waals surface area contributed by atoms with E-state index in [0.717, 1.165) is 94.5 Å². The first-order chi connectivity index (χ1) is 28.8. The molecule has 0 radical (unpaired) electrons. The number of benzene rings is 4. The van der Waals surface area contributed by atoms with Crippen molar-refractivity contribution in [3.05, 3.63) is 199 Å². The van der Waals surface area contributed by atoms with Crippen LogP contribution in [0.1, 0.15) is 22.3 Å². The third kappa shape index (κ3) is 4.77. The number of rotatable bonds is 4. The molecule has 1 spiro atoms. The van der Waals surface area contributed by atoms with Gasteiger partial charge >= 0.3 is 0 Å². The molecule has 2 aliphatic heterocycles. The van der Waals surface area contributed by atoms with Crippen LogP contribution in [0.3, 0.4) is 0 Å². The van der Waals surface area contributed by atoms with Crippen LogP contribution in [0.2, 0.25) is 0 Å². The minimum Gasteiger partial charge on any atom is -0.455 e. The average Bonchev–Trinajstić information content (AvgIpc) is 3.59. The van der Waals surface area contributed by atoms with E-state index in [2.05, 4.69) is 112 Å². The molecule has 9 aromatic rings. The van der Waals surface area contributed by atoms with Crippen LogP contribution in [0.5, 0.6) is 11.5 Å². The molecule has 7 heterocycles. The molecule has 9 heteroatoms. The van der Waals surface area contributed by atoms with Crippen molar-refractivity contribution in [3.63, 3.8) is 0 Å². The van der Waals surface area contributed by atoms with Crippen LogP contribution < -0.4 is 9.64 Å². The van der Waals surface area contributed by atoms with Gasteiger partial charge in [-0.05, 0) is 90.0 Å². The number of pyridine rings is 4. The highest BCUT2D eigenvalue weighted by atomic mass is 32.2. The highest BCUT2D eigenvalue weighted by molar-refractivity contribution is 7.99. The quantitative estimate of drug-likeness (QED) is 0.174. The summed E-state index contributed by atoms with van der Waals surface area (Å²) >= 11 is 1.75. The van der Waals surface area contributed by atoms with Crippen LogP contribution in [0.4, 0.5) is 17.1 Å². The van der Waals surface area contributed by atoms with E-state index in [-0.39, 0.29) is 0 Å². The van der Waals surface area contributed by atoms with Crippen molar-refractivity contribution in [2.24, 2.45) is 0 Å². The van der Waals surface area contributed by atoms with Crippen LogP contribution in [-0.2, 0) is 5.41 Å². The van der Waals surface area contributed by atoms with Crippen molar-refractivity contribution in [1.29, 1.82) is 0 Å². The van der Waals surface area contributed by atoms with E-state index in [1.807, 2.05) is 54.7 Å². The summed E-state index contributed by atoms with van der Waals surface area (Å²) < 4.78 is 7.08. The Kier molecular flexibility index (Phi) is 7.21. The smallest absolute Gasteiger partial charge is 0.179 e. The molecule has 58 heavy (non-hydrogen) atoms. The zero-order valence-corrected chi connectivity index (χ0v) is 31.5. The van der Waals surface area contributed by atoms with E-state index < -0.39 is 5.41 Å². The van der Waals surface area contributed by atoms with Crippen LogP contribution >= 0.6 is 11.8 Å². The second kappa shape index (κ2) is 12.8. The number of hydrogen-bond acceptors (Lipinski definition) is 9. The number of nitrogens with zero attached hydrogens (tertiary/aromatic N) is 7. The molecule has 0 N–H and O–H groups in total. The monoisotopic (exact) mass is 763 g/mol. The number of hydrogen-bond donors (Lipinski definition) is 0. The van der Waals surface area contributed by atoms with E-state index in [1.54, 1.807) is 36.5 Å². The Morgan fingerprint density at radius 3 is 1.97 bits per heavy atom. The van der Waals surface area contributed by atoms with Crippen molar-refractivity contribution < 1.29 is 4.74 Å². The van der Waals surface area contributed by atoms with Crippen LogP contribution in [0.15, 0.2) is 186 Å². The first-order valence-corrected chi connectivity index (χ1v) is 19.8. The highest BCUT2D eigenvalue weighted by Crippen LogP contribution is 2.65. The molecule has 8 nitrogen and oxygen atoms in total. The molecular formula is C49H29N7OS. The maximum absolute atomic E-state index is 7.08. The van der Waals surface area contributed by atoms with Crippen molar-refractivity contribution in [3.8, 4) is 56.9 Å². The van der Waals surface area contributed by atoms with E-state index >= 15 is 0 Å². The Bertz CT molecular complexity index is 3030. The zero-order chi connectivity index (χ0) is 38.2. The molecule has 4 aromatic carbocycles. The minimum atomic E-state index is -0.763. The maximum Gasteiger partial charge on any atom is 0.179 e. The minimum absolute atomic E-state index is 0.514. The molecule has 0 amide bonds. The van der Waals surface area contributed by atoms with Gasteiger partial charge in [0.2, 0.25) is 0 Å². The van der Waals surface area contributed by atoms with Crippen molar-refractivity contribution in [1.82, 2.24) is 29.9 Å². The fourth-order valence-corrected chi connectivity index (χ4v) is 9.90. The Labute approximate surface area is 338 Å². The fourth-order valence-electron chi connectivity index (χ4n) is 8.76. The van der Waals surface area contributed by atoms with Gasteiger partial charge in [-0.2, -0.15) is 0 Å². The Morgan fingerprint density at radius 2 is 1.17 bits per heavy atom. The zero-order valence-electron chi connectivity index (χ0n) is 30.7. The van der Waals surface area contributed by atoms with Crippen molar-refractivity contribution in [2.75, 3.05) is 4.90 Å². The third-order valence-electron chi connectivity index (χ3n) is 11.2. The first kappa shape index (κ1) is 32.7. The topological polar surface area (TPSA) is 89.8 Å². The number of para-hydroxylation sites is 3. The summed E-state index contributed by atoms with van der Waals surface area (Å²) in [6.07, 6.45) is 8.94. The standard InChI is InChI=1S/C49H29N7OS/c1-2-9-32(10-3-1)56-40-13-5-7-15-43(40)58-47-41(56)19-17-36-46(47)57-42-14-6-4-11-33(42)49(36)34-12-8-24-52-44(34)45-35(49)16-18-37(53-45)48-54-38(30-20-25-50-26-21-30)29-39(55-48)31-22-27-51-28-23-31/h1-29H. The molecule has 5 aromatic heterocycles. The van der Waals surface area contributed by atoms with Crippen LogP contribution in [0.25, 0.3) is 45.4 Å². The second-order valence-electron chi connectivity index (χ2n) is 14.3. The lowest BCUT2D eigenvalue weighted by molar-refractivity contribution is 0.426. The van der Waals surface area contributed by atoms with Gasteiger partial charge in [0.05, 0.1) is 44.5 Å². The average molecular weight is 764 g/mol. The molecule has 1 aliphatic carbocycles. The van der Waals surface area contributed by atoms with Gasteiger partial charge in [0.15, 0.2) is 5.82 Å². The SMILES string of the molecule is c1ccc(N2c3ccccc3Sc3c2ccc2c3Oc3ccccc3C23c2cccnc2-c2nc(-c4nc(-c5ccncc5)cc(-c5ccncc5)n4)ccc23)cc1. The highest BCUT2D eigenvalue weighted by Gasteiger charge is 2.53. The van der Waals surface area contributed by atoms with Crippen LogP contribution in [0, 0.1) is 0 Å². The summed E-state index contributed by atoms with van der Waals surface area (Å²) in [6, 6.07) is 50.3. The molecule has 3 aliphatic rings. The summed E-state index contributed by atoms with van der Waals surface area (Å²) in [5.41, 5.74) is 12.4. The van der Waals surface area contributed by atoms with Gasteiger partial charge in [0.1, 0.15) is 17.2 Å². The molecule has 0 fully saturated rings. The summed E-state index contributed by atoms with van der Waals surface area (Å²) in [7, 11) is 0. The lowest BCUT2D eigenvalue weighted by Crippen LogP contribution is -2.33. The molecule has 272 valence electrons. The molecule has 12 rings (SSSR count). The predicted octanol–water partition coefficient (Wildman–Crippen LogP) is 11.5. The lowest BCUT2D eigenvalue weighted by atomic mass is 9.66. The van der Waals surface area contributed by atoms with Gasteiger partial charge in [0.25, 0.3) is 0 Å². The maximum atomic E-state index is 7.08. The summed E-state index contributed by atoms with van der Waals surface area (Å²) in [5.74, 6) is 2.15.